The first-order chi connectivity index (χ1) is 9.84. The van der Waals surface area contributed by atoms with Crippen molar-refractivity contribution in [2.75, 3.05) is 0 Å². The maximum absolute atomic E-state index is 9.91. The van der Waals surface area contributed by atoms with E-state index in [0.717, 1.165) is 25.7 Å². The van der Waals surface area contributed by atoms with Gasteiger partial charge in [-0.25, -0.2) is 0 Å². The maximum Gasteiger partial charge on any atom is 0.0724 e. The molecule has 1 atom stereocenters. The van der Waals surface area contributed by atoms with E-state index in [1.54, 1.807) is 12.4 Å². The van der Waals surface area contributed by atoms with E-state index in [2.05, 4.69) is 35.3 Å². The molecular formula is C18H21NO. The molecule has 0 bridgehead atoms. The Kier molecular flexibility index (Phi) is 6.00. The highest BCUT2D eigenvalue weighted by Gasteiger charge is 2.00. The fraction of sp³-hybridized carbons (Fsp3) is 0.278. The SMILES string of the molecule is OC(/C=C/CCc1ccccc1)CCc1ccncc1. The fourth-order valence-electron chi connectivity index (χ4n) is 2.11. The van der Waals surface area contributed by atoms with E-state index in [9.17, 15) is 5.11 Å². The van der Waals surface area contributed by atoms with Crippen molar-refractivity contribution in [3.63, 3.8) is 0 Å². The van der Waals surface area contributed by atoms with Gasteiger partial charge in [-0.05, 0) is 48.9 Å². The van der Waals surface area contributed by atoms with Gasteiger partial charge in [-0.2, -0.15) is 0 Å². The van der Waals surface area contributed by atoms with Crippen LogP contribution in [0.25, 0.3) is 0 Å². The third kappa shape index (κ3) is 5.37. The van der Waals surface area contributed by atoms with Crippen LogP contribution in [0.5, 0.6) is 0 Å². The number of hydrogen-bond donors (Lipinski definition) is 1. The predicted molar refractivity (Wildman–Crippen MR) is 82.5 cm³/mol. The summed E-state index contributed by atoms with van der Waals surface area (Å²) in [7, 11) is 0. The van der Waals surface area contributed by atoms with Gasteiger partial charge in [0.2, 0.25) is 0 Å². The molecule has 0 saturated heterocycles. The standard InChI is InChI=1S/C18H21NO/c20-18(11-10-17-12-14-19-15-13-17)9-5-4-8-16-6-2-1-3-7-16/h1-3,5-7,9,12-15,18,20H,4,8,10-11H2/b9-5+. The normalized spacial score (nSPS) is 12.7. The van der Waals surface area contributed by atoms with Crippen LogP contribution < -0.4 is 0 Å². The Labute approximate surface area is 120 Å². The van der Waals surface area contributed by atoms with E-state index in [4.69, 9.17) is 0 Å². The minimum atomic E-state index is -0.362. The lowest BCUT2D eigenvalue weighted by molar-refractivity contribution is 0.212. The van der Waals surface area contributed by atoms with Gasteiger partial charge in [-0.1, -0.05) is 42.5 Å². The second kappa shape index (κ2) is 8.28. The second-order valence-corrected chi connectivity index (χ2v) is 4.91. The molecule has 0 aliphatic rings. The summed E-state index contributed by atoms with van der Waals surface area (Å²) in [6, 6.07) is 14.4. The highest BCUT2D eigenvalue weighted by molar-refractivity contribution is 5.15. The largest absolute Gasteiger partial charge is 0.389 e. The van der Waals surface area contributed by atoms with Crippen LogP contribution in [0.4, 0.5) is 0 Å². The van der Waals surface area contributed by atoms with Crippen LogP contribution >= 0.6 is 0 Å². The Hall–Kier alpha value is -1.93. The molecule has 1 unspecified atom stereocenters. The molecule has 0 spiro atoms. The molecule has 1 N–H and O–H groups in total. The minimum absolute atomic E-state index is 0.362. The van der Waals surface area contributed by atoms with Gasteiger partial charge in [-0.15, -0.1) is 0 Å². The monoisotopic (exact) mass is 267 g/mol. The Morgan fingerprint density at radius 2 is 1.65 bits per heavy atom. The summed E-state index contributed by atoms with van der Waals surface area (Å²) < 4.78 is 0. The summed E-state index contributed by atoms with van der Waals surface area (Å²) in [5, 5.41) is 9.91. The smallest absolute Gasteiger partial charge is 0.0724 e. The number of allylic oxidation sites excluding steroid dienone is 1. The van der Waals surface area contributed by atoms with E-state index in [1.165, 1.54) is 11.1 Å². The van der Waals surface area contributed by atoms with Gasteiger partial charge in [-0.3, -0.25) is 4.98 Å². The molecule has 1 aromatic heterocycles. The van der Waals surface area contributed by atoms with Crippen molar-refractivity contribution >= 4 is 0 Å². The first kappa shape index (κ1) is 14.5. The molecule has 0 aliphatic carbocycles. The van der Waals surface area contributed by atoms with Crippen LogP contribution in [-0.2, 0) is 12.8 Å². The molecule has 2 aromatic rings. The molecule has 104 valence electrons. The number of aliphatic hydroxyl groups excluding tert-OH is 1. The third-order valence-corrected chi connectivity index (χ3v) is 3.28. The Morgan fingerprint density at radius 3 is 2.40 bits per heavy atom. The number of rotatable bonds is 7. The summed E-state index contributed by atoms with van der Waals surface area (Å²) in [6.45, 7) is 0. The quantitative estimate of drug-likeness (QED) is 0.778. The van der Waals surface area contributed by atoms with Crippen LogP contribution in [0.15, 0.2) is 67.0 Å². The zero-order chi connectivity index (χ0) is 14.0. The number of hydrogen-bond acceptors (Lipinski definition) is 2. The first-order valence-corrected chi connectivity index (χ1v) is 7.12. The molecule has 1 heterocycles. The molecule has 20 heavy (non-hydrogen) atoms. The van der Waals surface area contributed by atoms with E-state index < -0.39 is 0 Å². The van der Waals surface area contributed by atoms with Gasteiger partial charge >= 0.3 is 0 Å². The molecule has 0 aliphatic heterocycles. The fourth-order valence-corrected chi connectivity index (χ4v) is 2.11. The van der Waals surface area contributed by atoms with Crippen LogP contribution in [-0.4, -0.2) is 16.2 Å². The maximum atomic E-state index is 9.91. The number of benzene rings is 1. The molecule has 2 rings (SSSR count). The Bertz CT molecular complexity index is 507. The Balaban J connectivity index is 1.66. The lowest BCUT2D eigenvalue weighted by Gasteiger charge is -2.05. The summed E-state index contributed by atoms with van der Waals surface area (Å²) in [5.41, 5.74) is 2.56. The first-order valence-electron chi connectivity index (χ1n) is 7.12. The lowest BCUT2D eigenvalue weighted by Crippen LogP contribution is -2.03. The van der Waals surface area contributed by atoms with Crippen molar-refractivity contribution in [2.45, 2.75) is 31.8 Å². The van der Waals surface area contributed by atoms with Gasteiger partial charge < -0.3 is 5.11 Å². The highest BCUT2D eigenvalue weighted by Crippen LogP contribution is 2.06. The van der Waals surface area contributed by atoms with Crippen molar-refractivity contribution in [1.29, 1.82) is 0 Å². The summed E-state index contributed by atoms with van der Waals surface area (Å²) in [4.78, 5) is 3.99. The van der Waals surface area contributed by atoms with Crippen molar-refractivity contribution in [2.24, 2.45) is 0 Å². The minimum Gasteiger partial charge on any atom is -0.389 e. The number of aromatic nitrogens is 1. The Morgan fingerprint density at radius 1 is 0.950 bits per heavy atom. The van der Waals surface area contributed by atoms with E-state index >= 15 is 0 Å². The molecule has 0 radical (unpaired) electrons. The van der Waals surface area contributed by atoms with Crippen molar-refractivity contribution in [3.8, 4) is 0 Å². The summed E-state index contributed by atoms with van der Waals surface area (Å²) >= 11 is 0. The number of pyridine rings is 1. The van der Waals surface area contributed by atoms with Gasteiger partial charge in [0.15, 0.2) is 0 Å². The van der Waals surface area contributed by atoms with Crippen molar-refractivity contribution < 1.29 is 5.11 Å². The van der Waals surface area contributed by atoms with Crippen LogP contribution in [0.2, 0.25) is 0 Å². The van der Waals surface area contributed by atoms with E-state index in [-0.39, 0.29) is 6.10 Å². The zero-order valence-electron chi connectivity index (χ0n) is 11.7. The van der Waals surface area contributed by atoms with Crippen LogP contribution in [0.1, 0.15) is 24.0 Å². The summed E-state index contributed by atoms with van der Waals surface area (Å²) in [5.74, 6) is 0. The number of aryl methyl sites for hydroxylation is 2. The van der Waals surface area contributed by atoms with E-state index in [1.807, 2.05) is 24.3 Å². The lowest BCUT2D eigenvalue weighted by atomic mass is 10.1. The molecular weight excluding hydrogens is 246 g/mol. The van der Waals surface area contributed by atoms with Crippen molar-refractivity contribution in [3.05, 3.63) is 78.1 Å². The van der Waals surface area contributed by atoms with Crippen molar-refractivity contribution in [1.82, 2.24) is 4.98 Å². The van der Waals surface area contributed by atoms with Crippen LogP contribution in [0.3, 0.4) is 0 Å². The molecule has 0 saturated carbocycles. The van der Waals surface area contributed by atoms with Crippen LogP contribution in [0, 0.1) is 0 Å². The average Bonchev–Trinajstić information content (AvgIpc) is 2.52. The third-order valence-electron chi connectivity index (χ3n) is 3.28. The highest BCUT2D eigenvalue weighted by atomic mass is 16.3. The molecule has 2 nitrogen and oxygen atoms in total. The number of aliphatic hydroxyl groups is 1. The molecule has 0 fully saturated rings. The van der Waals surface area contributed by atoms with Gasteiger partial charge in [0, 0.05) is 12.4 Å². The van der Waals surface area contributed by atoms with Gasteiger partial charge in [0.1, 0.15) is 0 Å². The van der Waals surface area contributed by atoms with Gasteiger partial charge in [0.25, 0.3) is 0 Å². The number of nitrogens with zero attached hydrogens (tertiary/aromatic N) is 1. The average molecular weight is 267 g/mol. The molecule has 0 amide bonds. The molecule has 2 heteroatoms. The predicted octanol–water partition coefficient (Wildman–Crippen LogP) is 3.56. The second-order valence-electron chi connectivity index (χ2n) is 4.91. The zero-order valence-corrected chi connectivity index (χ0v) is 11.7. The van der Waals surface area contributed by atoms with Gasteiger partial charge in [0.05, 0.1) is 6.10 Å². The molecule has 1 aromatic carbocycles. The van der Waals surface area contributed by atoms with E-state index in [0.29, 0.717) is 0 Å². The topological polar surface area (TPSA) is 33.1 Å². The summed E-state index contributed by atoms with van der Waals surface area (Å²) in [6.07, 6.45) is 10.8.